The van der Waals surface area contributed by atoms with Crippen molar-refractivity contribution >= 4 is 22.6 Å². The summed E-state index contributed by atoms with van der Waals surface area (Å²) in [6.45, 7) is 0. The molecule has 1 atom stereocenters. The van der Waals surface area contributed by atoms with E-state index in [0.717, 1.165) is 16.6 Å². The maximum Gasteiger partial charge on any atom is 0.323 e. The largest absolute Gasteiger partial charge is 0.324 e. The van der Waals surface area contributed by atoms with Crippen LogP contribution in [0, 0.1) is 0 Å². The number of benzene rings is 2. The first-order valence-corrected chi connectivity index (χ1v) is 6.72. The zero-order valence-corrected chi connectivity index (χ0v) is 11.4. The van der Waals surface area contributed by atoms with Gasteiger partial charge >= 0.3 is 5.69 Å². The van der Waals surface area contributed by atoms with E-state index < -0.39 is 0 Å². The number of halogens is 1. The van der Waals surface area contributed by atoms with Gasteiger partial charge in [-0.05, 0) is 29.7 Å². The van der Waals surface area contributed by atoms with E-state index in [1.165, 1.54) is 0 Å². The highest BCUT2D eigenvalue weighted by atomic mass is 35.5. The first-order valence-electron chi connectivity index (χ1n) is 6.34. The van der Waals surface area contributed by atoms with Gasteiger partial charge in [0.1, 0.15) is 0 Å². The summed E-state index contributed by atoms with van der Waals surface area (Å²) < 4.78 is 0. The van der Waals surface area contributed by atoms with Crippen LogP contribution in [0.3, 0.4) is 0 Å². The third kappa shape index (κ3) is 2.48. The first kappa shape index (κ1) is 13.0. The van der Waals surface area contributed by atoms with Crippen LogP contribution < -0.4 is 11.4 Å². The highest BCUT2D eigenvalue weighted by molar-refractivity contribution is 6.32. The highest BCUT2D eigenvalue weighted by Gasteiger charge is 2.13. The SMILES string of the molecule is NC(Cc1ccccc1)c1cc2[nH]c(=O)[nH]c2cc1Cl. The molecular weight excluding hydrogens is 274 g/mol. The van der Waals surface area contributed by atoms with Crippen LogP contribution in [0.25, 0.3) is 11.0 Å². The lowest BCUT2D eigenvalue weighted by Gasteiger charge is -2.14. The topological polar surface area (TPSA) is 74.7 Å². The van der Waals surface area contributed by atoms with Gasteiger partial charge in [0.2, 0.25) is 0 Å². The van der Waals surface area contributed by atoms with E-state index in [4.69, 9.17) is 17.3 Å². The van der Waals surface area contributed by atoms with Crippen LogP contribution in [0.2, 0.25) is 5.02 Å². The summed E-state index contributed by atoms with van der Waals surface area (Å²) in [7, 11) is 0. The first-order chi connectivity index (χ1) is 9.63. The number of aromatic nitrogens is 2. The molecule has 0 aliphatic carbocycles. The predicted octanol–water partition coefficient (Wildman–Crippen LogP) is 2.75. The molecular formula is C15H14ClN3O. The third-order valence-electron chi connectivity index (χ3n) is 3.33. The van der Waals surface area contributed by atoms with Crippen molar-refractivity contribution < 1.29 is 0 Å². The van der Waals surface area contributed by atoms with Gasteiger partial charge in [-0.1, -0.05) is 41.9 Å². The molecule has 4 nitrogen and oxygen atoms in total. The maximum absolute atomic E-state index is 11.3. The van der Waals surface area contributed by atoms with Crippen LogP contribution in [0.1, 0.15) is 17.2 Å². The number of rotatable bonds is 3. The van der Waals surface area contributed by atoms with E-state index in [2.05, 4.69) is 9.97 Å². The lowest BCUT2D eigenvalue weighted by Crippen LogP contribution is -2.13. The molecule has 5 heteroatoms. The Morgan fingerprint density at radius 2 is 1.75 bits per heavy atom. The second-order valence-corrected chi connectivity index (χ2v) is 5.20. The number of nitrogens with two attached hydrogens (primary N) is 1. The molecule has 1 heterocycles. The summed E-state index contributed by atoms with van der Waals surface area (Å²) in [5, 5.41) is 0.566. The van der Waals surface area contributed by atoms with Crippen molar-refractivity contribution in [2.45, 2.75) is 12.5 Å². The molecule has 2 aromatic carbocycles. The number of fused-ring (bicyclic) bond motifs is 1. The van der Waals surface area contributed by atoms with Gasteiger partial charge in [-0.25, -0.2) is 4.79 Å². The molecule has 0 bridgehead atoms. The van der Waals surface area contributed by atoms with Gasteiger partial charge in [-0.3, -0.25) is 0 Å². The summed E-state index contributed by atoms with van der Waals surface area (Å²) >= 11 is 6.26. The maximum atomic E-state index is 11.3. The molecule has 102 valence electrons. The molecule has 0 amide bonds. The van der Waals surface area contributed by atoms with Crippen molar-refractivity contribution in [3.05, 3.63) is 69.1 Å². The monoisotopic (exact) mass is 287 g/mol. The molecule has 0 radical (unpaired) electrons. The molecule has 3 rings (SSSR count). The number of hydrogen-bond donors (Lipinski definition) is 3. The number of imidazole rings is 1. The lowest BCUT2D eigenvalue weighted by atomic mass is 9.99. The Labute approximate surface area is 120 Å². The van der Waals surface area contributed by atoms with Crippen LogP contribution in [0.5, 0.6) is 0 Å². The summed E-state index contributed by atoms with van der Waals surface area (Å²) in [4.78, 5) is 16.7. The summed E-state index contributed by atoms with van der Waals surface area (Å²) in [5.41, 5.74) is 9.39. The van der Waals surface area contributed by atoms with E-state index in [1.807, 2.05) is 36.4 Å². The molecule has 0 saturated carbocycles. The fraction of sp³-hybridized carbons (Fsp3) is 0.133. The van der Waals surface area contributed by atoms with Crippen molar-refractivity contribution in [2.24, 2.45) is 5.73 Å². The van der Waals surface area contributed by atoms with Crippen LogP contribution in [-0.4, -0.2) is 9.97 Å². The number of hydrogen-bond acceptors (Lipinski definition) is 2. The second kappa shape index (κ2) is 5.15. The Balaban J connectivity index is 1.96. The van der Waals surface area contributed by atoms with Gasteiger partial charge in [-0.15, -0.1) is 0 Å². The molecule has 4 N–H and O–H groups in total. The lowest BCUT2D eigenvalue weighted by molar-refractivity contribution is 0.723. The van der Waals surface area contributed by atoms with E-state index in [-0.39, 0.29) is 11.7 Å². The van der Waals surface area contributed by atoms with E-state index in [1.54, 1.807) is 6.07 Å². The number of H-pyrrole nitrogens is 2. The quantitative estimate of drug-likeness (QED) is 0.693. The Kier molecular flexibility index (Phi) is 3.34. The van der Waals surface area contributed by atoms with Crippen molar-refractivity contribution in [3.8, 4) is 0 Å². The summed E-state index contributed by atoms with van der Waals surface area (Å²) in [6, 6.07) is 13.4. The molecule has 0 aliphatic heterocycles. The normalized spacial score (nSPS) is 12.7. The molecule has 0 fully saturated rings. The highest BCUT2D eigenvalue weighted by Crippen LogP contribution is 2.27. The molecule has 0 spiro atoms. The van der Waals surface area contributed by atoms with E-state index >= 15 is 0 Å². The van der Waals surface area contributed by atoms with Crippen LogP contribution in [-0.2, 0) is 6.42 Å². The molecule has 3 aromatic rings. The van der Waals surface area contributed by atoms with Gasteiger partial charge in [0.25, 0.3) is 0 Å². The van der Waals surface area contributed by atoms with Gasteiger partial charge in [-0.2, -0.15) is 0 Å². The zero-order valence-electron chi connectivity index (χ0n) is 10.7. The van der Waals surface area contributed by atoms with Crippen LogP contribution >= 0.6 is 11.6 Å². The van der Waals surface area contributed by atoms with Crippen molar-refractivity contribution in [1.82, 2.24) is 9.97 Å². The number of nitrogens with one attached hydrogen (secondary N) is 2. The van der Waals surface area contributed by atoms with Crippen molar-refractivity contribution in [3.63, 3.8) is 0 Å². The van der Waals surface area contributed by atoms with E-state index in [9.17, 15) is 4.79 Å². The Bertz CT molecular complexity index is 792. The van der Waals surface area contributed by atoms with Gasteiger partial charge < -0.3 is 15.7 Å². The minimum Gasteiger partial charge on any atom is -0.324 e. The Morgan fingerprint density at radius 1 is 1.10 bits per heavy atom. The summed E-state index contributed by atoms with van der Waals surface area (Å²) in [6.07, 6.45) is 0.695. The molecule has 0 saturated heterocycles. The standard InChI is InChI=1S/C15H14ClN3O/c16-11-8-14-13(18-15(20)19-14)7-10(11)12(17)6-9-4-2-1-3-5-9/h1-5,7-8,12H,6,17H2,(H2,18,19,20). The van der Waals surface area contributed by atoms with Crippen molar-refractivity contribution in [1.29, 1.82) is 0 Å². The zero-order chi connectivity index (χ0) is 14.1. The predicted molar refractivity (Wildman–Crippen MR) is 81.0 cm³/mol. The minimum absolute atomic E-state index is 0.215. The van der Waals surface area contributed by atoms with Gasteiger partial charge in [0.05, 0.1) is 11.0 Å². The van der Waals surface area contributed by atoms with Gasteiger partial charge in [0, 0.05) is 11.1 Å². The van der Waals surface area contributed by atoms with E-state index in [0.29, 0.717) is 17.0 Å². The van der Waals surface area contributed by atoms with Crippen LogP contribution in [0.4, 0.5) is 0 Å². The molecule has 1 unspecified atom stereocenters. The third-order valence-corrected chi connectivity index (χ3v) is 3.66. The average molecular weight is 288 g/mol. The Morgan fingerprint density at radius 3 is 2.45 bits per heavy atom. The minimum atomic E-state index is -0.246. The Hall–Kier alpha value is -2.04. The molecule has 0 aliphatic rings. The second-order valence-electron chi connectivity index (χ2n) is 4.79. The number of aromatic amines is 2. The van der Waals surface area contributed by atoms with Crippen LogP contribution in [0.15, 0.2) is 47.3 Å². The fourth-order valence-electron chi connectivity index (χ4n) is 2.33. The fourth-order valence-corrected chi connectivity index (χ4v) is 2.64. The molecule has 20 heavy (non-hydrogen) atoms. The van der Waals surface area contributed by atoms with Crippen molar-refractivity contribution in [2.75, 3.05) is 0 Å². The van der Waals surface area contributed by atoms with Gasteiger partial charge in [0.15, 0.2) is 0 Å². The molecule has 1 aromatic heterocycles. The summed E-state index contributed by atoms with van der Waals surface area (Å²) in [5.74, 6) is 0. The average Bonchev–Trinajstić information content (AvgIpc) is 2.78. The smallest absolute Gasteiger partial charge is 0.323 e.